The highest BCUT2D eigenvalue weighted by Gasteiger charge is 2.27. The number of aliphatic hydroxyl groups is 1. The predicted octanol–water partition coefficient (Wildman–Crippen LogP) is 2.01. The van der Waals surface area contributed by atoms with Crippen LogP contribution in [0.1, 0.15) is 46.0 Å². The minimum absolute atomic E-state index is 0.0979. The lowest BCUT2D eigenvalue weighted by Gasteiger charge is -2.26. The Balaban J connectivity index is 4.13. The van der Waals surface area contributed by atoms with E-state index in [0.29, 0.717) is 19.4 Å². The molecule has 0 aliphatic rings. The maximum absolute atomic E-state index is 11.4. The van der Waals surface area contributed by atoms with E-state index in [4.69, 9.17) is 0 Å². The van der Waals surface area contributed by atoms with Crippen LogP contribution in [0.3, 0.4) is 0 Å². The van der Waals surface area contributed by atoms with Gasteiger partial charge in [-0.1, -0.05) is 32.8 Å². The van der Waals surface area contributed by atoms with Gasteiger partial charge in [0.1, 0.15) is 0 Å². The predicted molar refractivity (Wildman–Crippen MR) is 62.6 cm³/mol. The molecule has 3 heteroatoms. The van der Waals surface area contributed by atoms with Crippen molar-refractivity contribution in [2.24, 2.45) is 0 Å². The number of hydrogen-bond acceptors (Lipinski definition) is 2. The van der Waals surface area contributed by atoms with E-state index in [1.807, 2.05) is 13.8 Å². The van der Waals surface area contributed by atoms with Crippen molar-refractivity contribution in [1.29, 1.82) is 0 Å². The first-order chi connectivity index (χ1) is 7.08. The molecular formula is C12H23NO2. The standard InChI is InChI=1S/C12H23NO2/c1-4-7-12(15,8-5-2)10-11(14)13-9-6-3/h6,15H,3-5,7-10H2,1-2H3,(H,13,14). The zero-order valence-electron chi connectivity index (χ0n) is 9.88. The molecule has 15 heavy (non-hydrogen) atoms. The Morgan fingerprint density at radius 3 is 2.33 bits per heavy atom. The first-order valence-corrected chi connectivity index (χ1v) is 5.68. The molecule has 0 fully saturated rings. The lowest BCUT2D eigenvalue weighted by atomic mass is 9.89. The van der Waals surface area contributed by atoms with Crippen molar-refractivity contribution in [3.8, 4) is 0 Å². The molecule has 0 bridgehead atoms. The molecule has 0 spiro atoms. The molecule has 0 unspecified atom stereocenters. The van der Waals surface area contributed by atoms with Crippen molar-refractivity contribution in [2.75, 3.05) is 6.54 Å². The van der Waals surface area contributed by atoms with Gasteiger partial charge in [-0.3, -0.25) is 4.79 Å². The maximum atomic E-state index is 11.4. The molecule has 0 atom stereocenters. The molecule has 3 nitrogen and oxygen atoms in total. The van der Waals surface area contributed by atoms with Gasteiger partial charge in [0.25, 0.3) is 0 Å². The molecule has 0 aromatic carbocycles. The van der Waals surface area contributed by atoms with Crippen molar-refractivity contribution >= 4 is 5.91 Å². The maximum Gasteiger partial charge on any atom is 0.223 e. The number of nitrogens with one attached hydrogen (secondary N) is 1. The topological polar surface area (TPSA) is 49.3 Å². The lowest BCUT2D eigenvalue weighted by molar-refractivity contribution is -0.126. The molecule has 0 heterocycles. The fourth-order valence-electron chi connectivity index (χ4n) is 1.78. The largest absolute Gasteiger partial charge is 0.389 e. The summed E-state index contributed by atoms with van der Waals surface area (Å²) in [4.78, 5) is 11.4. The Bertz CT molecular complexity index is 196. The molecule has 0 aliphatic carbocycles. The van der Waals surface area contributed by atoms with Crippen LogP contribution in [0.2, 0.25) is 0 Å². The minimum Gasteiger partial charge on any atom is -0.389 e. The molecule has 0 aliphatic heterocycles. The van der Waals surface area contributed by atoms with Gasteiger partial charge in [-0.15, -0.1) is 6.58 Å². The van der Waals surface area contributed by atoms with Crippen LogP contribution in [0.25, 0.3) is 0 Å². The molecular weight excluding hydrogens is 190 g/mol. The van der Waals surface area contributed by atoms with Gasteiger partial charge >= 0.3 is 0 Å². The highest BCUT2D eigenvalue weighted by molar-refractivity contribution is 5.77. The SMILES string of the molecule is C=CCNC(=O)CC(O)(CCC)CCC. The summed E-state index contributed by atoms with van der Waals surface area (Å²) in [6.07, 6.45) is 4.99. The molecule has 1 amide bonds. The number of carbonyl (C=O) groups excluding carboxylic acids is 1. The zero-order chi connectivity index (χ0) is 11.7. The minimum atomic E-state index is -0.825. The van der Waals surface area contributed by atoms with Crippen molar-refractivity contribution in [2.45, 2.75) is 51.6 Å². The van der Waals surface area contributed by atoms with Gasteiger partial charge in [-0.2, -0.15) is 0 Å². The third kappa shape index (κ3) is 6.28. The van der Waals surface area contributed by atoms with Gasteiger partial charge in [0, 0.05) is 6.54 Å². The van der Waals surface area contributed by atoms with E-state index in [1.165, 1.54) is 0 Å². The van der Waals surface area contributed by atoms with Crippen LogP contribution < -0.4 is 5.32 Å². The van der Waals surface area contributed by atoms with E-state index >= 15 is 0 Å². The summed E-state index contributed by atoms with van der Waals surface area (Å²) in [6.45, 7) is 8.02. The third-order valence-electron chi connectivity index (χ3n) is 2.36. The van der Waals surface area contributed by atoms with Gasteiger partial charge in [-0.05, 0) is 12.8 Å². The van der Waals surface area contributed by atoms with Gasteiger partial charge in [0.05, 0.1) is 12.0 Å². The van der Waals surface area contributed by atoms with Crippen molar-refractivity contribution < 1.29 is 9.90 Å². The van der Waals surface area contributed by atoms with E-state index in [0.717, 1.165) is 12.8 Å². The second-order valence-electron chi connectivity index (χ2n) is 3.99. The van der Waals surface area contributed by atoms with E-state index in [9.17, 15) is 9.90 Å². The average molecular weight is 213 g/mol. The van der Waals surface area contributed by atoms with Crippen LogP contribution in [0, 0.1) is 0 Å². The quantitative estimate of drug-likeness (QED) is 0.606. The smallest absolute Gasteiger partial charge is 0.223 e. The monoisotopic (exact) mass is 213 g/mol. The van der Waals surface area contributed by atoms with Crippen LogP contribution >= 0.6 is 0 Å². The highest BCUT2D eigenvalue weighted by Crippen LogP contribution is 2.23. The normalized spacial score (nSPS) is 11.1. The van der Waals surface area contributed by atoms with Gasteiger partial charge in [0.15, 0.2) is 0 Å². The first-order valence-electron chi connectivity index (χ1n) is 5.68. The second-order valence-corrected chi connectivity index (χ2v) is 3.99. The summed E-state index contributed by atoms with van der Waals surface area (Å²) in [6, 6.07) is 0. The average Bonchev–Trinajstić information content (AvgIpc) is 2.15. The van der Waals surface area contributed by atoms with Crippen LogP contribution in [-0.4, -0.2) is 23.2 Å². The van der Waals surface area contributed by atoms with Crippen LogP contribution in [0.15, 0.2) is 12.7 Å². The van der Waals surface area contributed by atoms with Crippen LogP contribution in [-0.2, 0) is 4.79 Å². The van der Waals surface area contributed by atoms with Crippen LogP contribution in [0.4, 0.5) is 0 Å². The summed E-state index contributed by atoms with van der Waals surface area (Å²) in [5.41, 5.74) is -0.825. The van der Waals surface area contributed by atoms with E-state index in [2.05, 4.69) is 11.9 Å². The molecule has 0 aromatic heterocycles. The Labute approximate surface area is 92.6 Å². The summed E-state index contributed by atoms with van der Waals surface area (Å²) < 4.78 is 0. The number of rotatable bonds is 8. The molecule has 0 rings (SSSR count). The lowest BCUT2D eigenvalue weighted by Crippen LogP contribution is -2.36. The molecule has 0 saturated carbocycles. The number of carbonyl (C=O) groups is 1. The Hall–Kier alpha value is -0.830. The van der Waals surface area contributed by atoms with Crippen molar-refractivity contribution in [3.05, 3.63) is 12.7 Å². The fourth-order valence-corrected chi connectivity index (χ4v) is 1.78. The van der Waals surface area contributed by atoms with Crippen LogP contribution in [0.5, 0.6) is 0 Å². The Morgan fingerprint density at radius 1 is 1.40 bits per heavy atom. The third-order valence-corrected chi connectivity index (χ3v) is 2.36. The summed E-state index contributed by atoms with van der Waals surface area (Å²) >= 11 is 0. The van der Waals surface area contributed by atoms with Gasteiger partial charge < -0.3 is 10.4 Å². The Kier molecular flexibility index (Phi) is 7.05. The van der Waals surface area contributed by atoms with E-state index in [-0.39, 0.29) is 12.3 Å². The number of amides is 1. The summed E-state index contributed by atoms with van der Waals surface area (Å²) in [7, 11) is 0. The Morgan fingerprint density at radius 2 is 1.93 bits per heavy atom. The van der Waals surface area contributed by atoms with Crippen molar-refractivity contribution in [1.82, 2.24) is 5.32 Å². The molecule has 0 aromatic rings. The highest BCUT2D eigenvalue weighted by atomic mass is 16.3. The van der Waals surface area contributed by atoms with Gasteiger partial charge in [0.2, 0.25) is 5.91 Å². The summed E-state index contributed by atoms with van der Waals surface area (Å²) in [5.74, 6) is -0.0979. The fraction of sp³-hybridized carbons (Fsp3) is 0.750. The van der Waals surface area contributed by atoms with E-state index in [1.54, 1.807) is 6.08 Å². The summed E-state index contributed by atoms with van der Waals surface area (Å²) in [5, 5.41) is 12.9. The second kappa shape index (κ2) is 7.46. The zero-order valence-corrected chi connectivity index (χ0v) is 9.88. The van der Waals surface area contributed by atoms with E-state index < -0.39 is 5.60 Å². The molecule has 88 valence electrons. The van der Waals surface area contributed by atoms with Crippen molar-refractivity contribution in [3.63, 3.8) is 0 Å². The number of hydrogen-bond donors (Lipinski definition) is 2. The molecule has 2 N–H and O–H groups in total. The first kappa shape index (κ1) is 14.2. The molecule has 0 saturated heterocycles. The van der Waals surface area contributed by atoms with Gasteiger partial charge in [-0.25, -0.2) is 0 Å². The molecule has 0 radical (unpaired) electrons.